The summed E-state index contributed by atoms with van der Waals surface area (Å²) in [5, 5.41) is 6.22. The summed E-state index contributed by atoms with van der Waals surface area (Å²) in [4.78, 5) is 12.2. The lowest BCUT2D eigenvalue weighted by Gasteiger charge is -2.16. The van der Waals surface area contributed by atoms with E-state index in [1.165, 1.54) is 5.56 Å². The number of hydrogen-bond donors (Lipinski definition) is 2. The number of anilines is 1. The number of benzene rings is 2. The molecule has 0 aliphatic rings. The van der Waals surface area contributed by atoms with E-state index in [1.54, 1.807) is 0 Å². The number of carbonyl (C=O) groups excluding carboxylic acids is 1. The zero-order valence-electron chi connectivity index (χ0n) is 12.8. The van der Waals surface area contributed by atoms with Gasteiger partial charge in [-0.25, -0.2) is 0 Å². The average Bonchev–Trinajstić information content (AvgIpc) is 2.47. The van der Waals surface area contributed by atoms with Crippen molar-refractivity contribution in [2.75, 3.05) is 12.4 Å². The van der Waals surface area contributed by atoms with Crippen LogP contribution in [0.1, 0.15) is 29.7 Å². The van der Waals surface area contributed by atoms with E-state index >= 15 is 0 Å². The molecule has 21 heavy (non-hydrogen) atoms. The van der Waals surface area contributed by atoms with Gasteiger partial charge in [-0.15, -0.1) is 0 Å². The van der Waals surface area contributed by atoms with Gasteiger partial charge in [0.1, 0.15) is 0 Å². The van der Waals surface area contributed by atoms with Gasteiger partial charge in [0.2, 0.25) is 5.91 Å². The van der Waals surface area contributed by atoms with E-state index in [4.69, 9.17) is 0 Å². The Balaban J connectivity index is 2.09. The molecule has 0 radical (unpaired) electrons. The second-order valence-corrected chi connectivity index (χ2v) is 5.31. The Morgan fingerprint density at radius 1 is 1.14 bits per heavy atom. The first kappa shape index (κ1) is 15.3. The highest BCUT2D eigenvalue weighted by molar-refractivity contribution is 5.93. The Labute approximate surface area is 126 Å². The molecule has 0 bridgehead atoms. The van der Waals surface area contributed by atoms with Crippen LogP contribution in [-0.4, -0.2) is 13.0 Å². The van der Waals surface area contributed by atoms with Crippen LogP contribution < -0.4 is 10.6 Å². The monoisotopic (exact) mass is 282 g/mol. The summed E-state index contributed by atoms with van der Waals surface area (Å²) in [6.07, 6.45) is 0.393. The Hall–Kier alpha value is -2.13. The zero-order valence-corrected chi connectivity index (χ0v) is 12.8. The molecular formula is C18H22N2O. The van der Waals surface area contributed by atoms with E-state index in [1.807, 2.05) is 62.5 Å². The number of hydrogen-bond acceptors (Lipinski definition) is 2. The summed E-state index contributed by atoms with van der Waals surface area (Å²) in [5.74, 6) is 0.0105. The summed E-state index contributed by atoms with van der Waals surface area (Å²) < 4.78 is 0. The first-order chi connectivity index (χ1) is 10.1. The van der Waals surface area contributed by atoms with Crippen LogP contribution >= 0.6 is 0 Å². The summed E-state index contributed by atoms with van der Waals surface area (Å²) in [6, 6.07) is 16.1. The Bertz CT molecular complexity index is 622. The topological polar surface area (TPSA) is 41.1 Å². The minimum Gasteiger partial charge on any atom is -0.325 e. The predicted octanol–water partition coefficient (Wildman–Crippen LogP) is 3.46. The maximum absolute atomic E-state index is 12.2. The van der Waals surface area contributed by atoms with Crippen molar-refractivity contribution in [2.24, 2.45) is 0 Å². The quantitative estimate of drug-likeness (QED) is 0.882. The van der Waals surface area contributed by atoms with Crippen molar-refractivity contribution in [3.8, 4) is 0 Å². The minimum absolute atomic E-state index is 0.0105. The van der Waals surface area contributed by atoms with Crippen molar-refractivity contribution in [1.82, 2.24) is 5.32 Å². The fourth-order valence-electron chi connectivity index (χ4n) is 2.35. The smallest absolute Gasteiger partial charge is 0.228 e. The van der Waals surface area contributed by atoms with E-state index < -0.39 is 0 Å². The maximum atomic E-state index is 12.2. The van der Waals surface area contributed by atoms with Crippen LogP contribution in [-0.2, 0) is 11.2 Å². The normalized spacial score (nSPS) is 12.0. The molecule has 2 aromatic rings. The van der Waals surface area contributed by atoms with Gasteiger partial charge in [-0.1, -0.05) is 48.0 Å². The summed E-state index contributed by atoms with van der Waals surface area (Å²) in [7, 11) is 1.91. The van der Waals surface area contributed by atoms with Crippen molar-refractivity contribution in [3.63, 3.8) is 0 Å². The van der Waals surface area contributed by atoms with Crippen LogP contribution in [0.2, 0.25) is 0 Å². The molecule has 1 amide bonds. The molecule has 2 N–H and O–H groups in total. The van der Waals surface area contributed by atoms with Crippen LogP contribution in [0.25, 0.3) is 0 Å². The van der Waals surface area contributed by atoms with Gasteiger partial charge in [0.25, 0.3) is 0 Å². The molecular weight excluding hydrogens is 260 g/mol. The lowest BCUT2D eigenvalue weighted by atomic mass is 10.1. The molecule has 3 nitrogen and oxygen atoms in total. The third-order valence-corrected chi connectivity index (χ3v) is 3.58. The van der Waals surface area contributed by atoms with Crippen molar-refractivity contribution in [1.29, 1.82) is 0 Å². The highest BCUT2D eigenvalue weighted by Gasteiger charge is 2.11. The number of rotatable bonds is 5. The molecule has 0 aromatic heterocycles. The van der Waals surface area contributed by atoms with Crippen molar-refractivity contribution >= 4 is 11.6 Å². The molecule has 0 saturated heterocycles. The average molecular weight is 282 g/mol. The van der Waals surface area contributed by atoms with E-state index in [2.05, 4.69) is 17.6 Å². The van der Waals surface area contributed by atoms with Gasteiger partial charge in [0.15, 0.2) is 0 Å². The summed E-state index contributed by atoms with van der Waals surface area (Å²) in [5.41, 5.74) is 4.17. The molecule has 0 saturated carbocycles. The largest absolute Gasteiger partial charge is 0.325 e. The molecule has 2 rings (SSSR count). The standard InChI is InChI=1S/C18H22N2O/c1-13-7-6-8-15(11-13)12-18(21)20-17-10-5-4-9-16(17)14(2)19-3/h4-11,14,19H,12H2,1-3H3,(H,20,21). The third-order valence-electron chi connectivity index (χ3n) is 3.58. The van der Waals surface area contributed by atoms with Crippen LogP contribution in [0.3, 0.4) is 0 Å². The number of carbonyl (C=O) groups is 1. The Morgan fingerprint density at radius 2 is 1.90 bits per heavy atom. The Kier molecular flexibility index (Phi) is 5.12. The third kappa shape index (κ3) is 4.17. The van der Waals surface area contributed by atoms with Gasteiger partial charge < -0.3 is 10.6 Å². The van der Waals surface area contributed by atoms with Gasteiger partial charge in [-0.3, -0.25) is 4.79 Å². The molecule has 2 aromatic carbocycles. The molecule has 0 spiro atoms. The van der Waals surface area contributed by atoms with Gasteiger partial charge in [-0.2, -0.15) is 0 Å². The SMILES string of the molecule is CNC(C)c1ccccc1NC(=O)Cc1cccc(C)c1. The number of nitrogens with one attached hydrogen (secondary N) is 2. The van der Waals surface area contributed by atoms with Crippen LogP contribution in [0.5, 0.6) is 0 Å². The van der Waals surface area contributed by atoms with Crippen molar-refractivity contribution in [3.05, 3.63) is 65.2 Å². The zero-order chi connectivity index (χ0) is 15.2. The lowest BCUT2D eigenvalue weighted by Crippen LogP contribution is -2.19. The second kappa shape index (κ2) is 7.04. The van der Waals surface area contributed by atoms with E-state index in [0.717, 1.165) is 16.8 Å². The number of para-hydroxylation sites is 1. The molecule has 0 heterocycles. The van der Waals surface area contributed by atoms with E-state index in [-0.39, 0.29) is 11.9 Å². The Morgan fingerprint density at radius 3 is 2.62 bits per heavy atom. The molecule has 110 valence electrons. The van der Waals surface area contributed by atoms with E-state index in [0.29, 0.717) is 6.42 Å². The number of aryl methyl sites for hydroxylation is 1. The molecule has 1 atom stereocenters. The lowest BCUT2D eigenvalue weighted by molar-refractivity contribution is -0.115. The van der Waals surface area contributed by atoms with E-state index in [9.17, 15) is 4.79 Å². The number of amides is 1. The van der Waals surface area contributed by atoms with Gasteiger partial charge in [0, 0.05) is 11.7 Å². The molecule has 0 aliphatic carbocycles. The molecule has 1 unspecified atom stereocenters. The fraction of sp³-hybridized carbons (Fsp3) is 0.278. The van der Waals surface area contributed by atoms with Crippen molar-refractivity contribution in [2.45, 2.75) is 26.3 Å². The highest BCUT2D eigenvalue weighted by Crippen LogP contribution is 2.22. The van der Waals surface area contributed by atoms with Gasteiger partial charge >= 0.3 is 0 Å². The van der Waals surface area contributed by atoms with Crippen molar-refractivity contribution < 1.29 is 4.79 Å². The molecule has 0 aliphatic heterocycles. The summed E-state index contributed by atoms with van der Waals surface area (Å²) >= 11 is 0. The van der Waals surface area contributed by atoms with Crippen LogP contribution in [0.15, 0.2) is 48.5 Å². The summed E-state index contributed by atoms with van der Waals surface area (Å²) in [6.45, 7) is 4.11. The van der Waals surface area contributed by atoms with Gasteiger partial charge in [0.05, 0.1) is 6.42 Å². The van der Waals surface area contributed by atoms with Crippen LogP contribution in [0.4, 0.5) is 5.69 Å². The maximum Gasteiger partial charge on any atom is 0.228 e. The first-order valence-electron chi connectivity index (χ1n) is 7.21. The first-order valence-corrected chi connectivity index (χ1v) is 7.21. The molecule has 3 heteroatoms. The van der Waals surface area contributed by atoms with Gasteiger partial charge in [-0.05, 0) is 38.1 Å². The predicted molar refractivity (Wildman–Crippen MR) is 87.4 cm³/mol. The molecule has 0 fully saturated rings. The highest BCUT2D eigenvalue weighted by atomic mass is 16.1. The second-order valence-electron chi connectivity index (χ2n) is 5.31. The van der Waals surface area contributed by atoms with Crippen LogP contribution in [0, 0.1) is 6.92 Å². The minimum atomic E-state index is 0.0105. The fourth-order valence-corrected chi connectivity index (χ4v) is 2.35.